The van der Waals surface area contributed by atoms with Crippen LogP contribution in [0.1, 0.15) is 48.1 Å². The Kier molecular flexibility index (Phi) is 10.3. The fourth-order valence-corrected chi connectivity index (χ4v) is 5.49. The molecule has 6 N–H and O–H groups in total. The molecule has 5 rings (SSSR count). The molecule has 0 spiro atoms. The van der Waals surface area contributed by atoms with Crippen LogP contribution in [0.2, 0.25) is 0 Å². The predicted molar refractivity (Wildman–Crippen MR) is 179 cm³/mol. The minimum absolute atomic E-state index is 0.0227. The average Bonchev–Trinajstić information content (AvgIpc) is 3.07. The SMILES string of the molecule is CC(C)C1CCc2cc(-c3cc(N)cc(C(F)(F)F)c3)n(CC(=O)NCc3ccc(C(=N)NC(=O)OCc4c#cccc4)cc3)c(=O)c2N1. The molecule has 3 aromatic carbocycles. The zero-order valence-electron chi connectivity index (χ0n) is 26.8. The van der Waals surface area contributed by atoms with Crippen LogP contribution in [-0.4, -0.2) is 28.4 Å². The number of hydrogen-bond acceptors (Lipinski definition) is 7. The molecule has 0 radical (unpaired) electrons. The van der Waals surface area contributed by atoms with Crippen molar-refractivity contribution in [2.24, 2.45) is 5.92 Å². The Balaban J connectivity index is 1.29. The molecule has 0 bridgehead atoms. The molecule has 1 atom stereocenters. The molecule has 49 heavy (non-hydrogen) atoms. The van der Waals surface area contributed by atoms with Gasteiger partial charge in [-0.2, -0.15) is 13.2 Å². The Morgan fingerprint density at radius 2 is 1.90 bits per heavy atom. The number of nitrogen functional groups attached to an aromatic ring is 1. The molecule has 2 heterocycles. The second kappa shape index (κ2) is 14.6. The van der Waals surface area contributed by atoms with E-state index in [1.165, 1.54) is 10.6 Å². The fraction of sp³-hybridized carbons (Fsp3) is 0.278. The van der Waals surface area contributed by atoms with Crippen molar-refractivity contribution < 1.29 is 27.5 Å². The summed E-state index contributed by atoms with van der Waals surface area (Å²) in [7, 11) is 0. The molecule has 1 aliphatic heterocycles. The number of halogens is 3. The highest BCUT2D eigenvalue weighted by Crippen LogP contribution is 2.35. The van der Waals surface area contributed by atoms with Crippen molar-refractivity contribution >= 4 is 29.2 Å². The first-order chi connectivity index (χ1) is 23.3. The van der Waals surface area contributed by atoms with Crippen molar-refractivity contribution in [2.45, 2.75) is 58.6 Å². The number of anilines is 2. The first-order valence-corrected chi connectivity index (χ1v) is 15.6. The number of pyridine rings is 1. The van der Waals surface area contributed by atoms with Crippen LogP contribution in [0.25, 0.3) is 11.3 Å². The predicted octanol–water partition coefficient (Wildman–Crippen LogP) is 5.67. The summed E-state index contributed by atoms with van der Waals surface area (Å²) in [4.78, 5) is 39.2. The molecule has 4 aromatic rings. The highest BCUT2D eigenvalue weighted by Gasteiger charge is 2.32. The number of aromatic nitrogens is 1. The molecule has 0 aliphatic carbocycles. The van der Waals surface area contributed by atoms with Gasteiger partial charge in [0, 0.05) is 35.0 Å². The lowest BCUT2D eigenvalue weighted by Crippen LogP contribution is -2.38. The summed E-state index contributed by atoms with van der Waals surface area (Å²) in [5, 5.41) is 16.6. The van der Waals surface area contributed by atoms with Crippen molar-refractivity contribution in [3.63, 3.8) is 0 Å². The first-order valence-electron chi connectivity index (χ1n) is 15.6. The summed E-state index contributed by atoms with van der Waals surface area (Å²) < 4.78 is 47.3. The Morgan fingerprint density at radius 3 is 2.57 bits per heavy atom. The Bertz CT molecular complexity index is 1910. The fourth-order valence-electron chi connectivity index (χ4n) is 5.49. The third kappa shape index (κ3) is 8.58. The van der Waals surface area contributed by atoms with Crippen LogP contribution >= 0.6 is 0 Å². The van der Waals surface area contributed by atoms with E-state index in [4.69, 9.17) is 15.9 Å². The lowest BCUT2D eigenvalue weighted by atomic mass is 9.91. The number of hydrogen-bond donors (Lipinski definition) is 5. The normalized spacial score (nSPS) is 13.9. The standard InChI is InChI=1S/C36H35F3N6O4/c1-21(2)29-13-12-25-16-30(26-14-27(36(37,38)39)17-28(40)15-26)45(34(47)32(25)43-29)19-31(46)42-18-22-8-10-24(11-9-22)33(41)44-35(48)49-20-23-6-4-3-5-7-23/h3-4,6,8-11,14-17,21,29,43H,12-13,18-20,40H2,1-2H3,(H,42,46)(H2,41,44,48). The quantitative estimate of drug-likeness (QED) is 0.0879. The van der Waals surface area contributed by atoms with Crippen molar-refractivity contribution in [2.75, 3.05) is 11.1 Å². The maximum Gasteiger partial charge on any atom is 0.416 e. The van der Waals surface area contributed by atoms with E-state index < -0.39 is 35.8 Å². The summed E-state index contributed by atoms with van der Waals surface area (Å²) in [5.74, 6) is -0.509. The Labute approximate surface area is 281 Å². The van der Waals surface area contributed by atoms with E-state index >= 15 is 0 Å². The van der Waals surface area contributed by atoms with Crippen LogP contribution in [-0.2, 0) is 41.8 Å². The molecule has 1 aliphatic rings. The van der Waals surface area contributed by atoms with Gasteiger partial charge in [0.25, 0.3) is 5.56 Å². The number of rotatable bonds is 9. The lowest BCUT2D eigenvalue weighted by molar-refractivity contribution is -0.137. The molecule has 0 fully saturated rings. The number of fused-ring (bicyclic) bond motifs is 1. The van der Waals surface area contributed by atoms with E-state index in [9.17, 15) is 27.6 Å². The highest BCUT2D eigenvalue weighted by atomic mass is 19.4. The molecule has 254 valence electrons. The smallest absolute Gasteiger partial charge is 0.416 e. The minimum atomic E-state index is -4.67. The van der Waals surface area contributed by atoms with Gasteiger partial charge in [-0.3, -0.25) is 24.9 Å². The molecule has 0 saturated carbocycles. The number of ether oxygens (including phenoxy) is 1. The third-order valence-corrected chi connectivity index (χ3v) is 8.15. The summed E-state index contributed by atoms with van der Waals surface area (Å²) in [5.41, 5.74) is 7.13. The number of nitrogens with zero attached hydrogens (tertiary/aromatic N) is 1. The maximum absolute atomic E-state index is 13.8. The summed E-state index contributed by atoms with van der Waals surface area (Å²) in [6, 6.07) is 22.0. The number of amides is 2. The van der Waals surface area contributed by atoms with E-state index in [0.29, 0.717) is 34.4 Å². The van der Waals surface area contributed by atoms with Gasteiger partial charge < -0.3 is 21.1 Å². The number of alkyl carbamates (subject to hydrolysis) is 1. The summed E-state index contributed by atoms with van der Waals surface area (Å²) in [6.07, 6.45) is -4.19. The largest absolute Gasteiger partial charge is 0.444 e. The van der Waals surface area contributed by atoms with Gasteiger partial charge in [-0.05, 0) is 66.3 Å². The van der Waals surface area contributed by atoms with Gasteiger partial charge in [-0.25, -0.2) is 4.79 Å². The number of carbonyl (C=O) groups is 2. The van der Waals surface area contributed by atoms with E-state index in [1.54, 1.807) is 48.5 Å². The van der Waals surface area contributed by atoms with E-state index in [1.807, 2.05) is 13.8 Å². The van der Waals surface area contributed by atoms with Crippen LogP contribution in [0.4, 0.5) is 29.3 Å². The number of carbonyl (C=O) groups excluding carboxylic acids is 2. The monoisotopic (exact) mass is 672 g/mol. The van der Waals surface area contributed by atoms with Crippen molar-refractivity contribution in [3.8, 4) is 11.3 Å². The number of amidine groups is 1. The number of alkyl halides is 3. The second-order valence-electron chi connectivity index (χ2n) is 12.1. The second-order valence-corrected chi connectivity index (χ2v) is 12.1. The van der Waals surface area contributed by atoms with E-state index in [2.05, 4.69) is 28.1 Å². The van der Waals surface area contributed by atoms with Crippen molar-refractivity contribution in [3.05, 3.63) is 117 Å². The molecule has 1 unspecified atom stereocenters. The van der Waals surface area contributed by atoms with Crippen LogP contribution in [0, 0.1) is 23.5 Å². The molecule has 0 saturated heterocycles. The van der Waals surface area contributed by atoms with Crippen LogP contribution in [0.15, 0.2) is 71.5 Å². The summed E-state index contributed by atoms with van der Waals surface area (Å²) in [6.45, 7) is 3.63. The molecule has 1 aromatic heterocycles. The Hall–Kier alpha value is -5.77. The average molecular weight is 673 g/mol. The van der Waals surface area contributed by atoms with E-state index in [0.717, 1.165) is 18.6 Å². The van der Waals surface area contributed by atoms with Crippen LogP contribution < -0.4 is 27.2 Å². The lowest BCUT2D eigenvalue weighted by Gasteiger charge is -2.30. The zero-order valence-corrected chi connectivity index (χ0v) is 26.8. The molecule has 10 nitrogen and oxygen atoms in total. The van der Waals surface area contributed by atoms with Crippen molar-refractivity contribution in [1.82, 2.24) is 15.2 Å². The van der Waals surface area contributed by atoms with Gasteiger partial charge in [0.1, 0.15) is 24.7 Å². The maximum atomic E-state index is 13.8. The highest BCUT2D eigenvalue weighted by molar-refractivity contribution is 6.04. The number of nitrogens with one attached hydrogen (secondary N) is 4. The van der Waals surface area contributed by atoms with Crippen LogP contribution in [0.3, 0.4) is 0 Å². The van der Waals surface area contributed by atoms with Gasteiger partial charge in [0.2, 0.25) is 5.91 Å². The number of benzene rings is 2. The molecule has 13 heteroatoms. The third-order valence-electron chi connectivity index (χ3n) is 8.15. The van der Waals surface area contributed by atoms with Gasteiger partial charge in [0.05, 0.1) is 11.3 Å². The zero-order chi connectivity index (χ0) is 35.3. The number of nitrogens with two attached hydrogens (primary N) is 1. The van der Waals surface area contributed by atoms with Gasteiger partial charge >= 0.3 is 12.3 Å². The van der Waals surface area contributed by atoms with Gasteiger partial charge in [-0.1, -0.05) is 56.3 Å². The van der Waals surface area contributed by atoms with E-state index in [-0.39, 0.29) is 47.9 Å². The van der Waals surface area contributed by atoms with Gasteiger partial charge in [0.15, 0.2) is 0 Å². The Morgan fingerprint density at radius 1 is 1.14 bits per heavy atom. The van der Waals surface area contributed by atoms with Gasteiger partial charge in [-0.15, -0.1) is 0 Å². The van der Waals surface area contributed by atoms with Crippen LogP contribution in [0.5, 0.6) is 0 Å². The minimum Gasteiger partial charge on any atom is -0.444 e. The van der Waals surface area contributed by atoms with Crippen molar-refractivity contribution in [1.29, 1.82) is 5.41 Å². The summed E-state index contributed by atoms with van der Waals surface area (Å²) >= 11 is 0. The molecular formula is C36H35F3N6O4. The number of aryl methyl sites for hydroxylation is 1. The molecule has 2 amide bonds. The first kappa shape index (κ1) is 34.6. The molecular weight excluding hydrogens is 637 g/mol. The topological polar surface area (TPSA) is 151 Å².